The van der Waals surface area contributed by atoms with Gasteiger partial charge in [-0.2, -0.15) is 4.31 Å². The van der Waals surface area contributed by atoms with Crippen molar-refractivity contribution in [3.8, 4) is 0 Å². The van der Waals surface area contributed by atoms with Crippen LogP contribution in [0.25, 0.3) is 0 Å². The number of nitrogens with zero attached hydrogens (tertiary/aromatic N) is 2. The molecule has 2 fully saturated rings. The smallest absolute Gasteiger partial charge is 0.243 e. The van der Waals surface area contributed by atoms with Gasteiger partial charge in [-0.3, -0.25) is 4.90 Å². The Hall–Kier alpha value is -0.710. The van der Waals surface area contributed by atoms with E-state index in [1.807, 2.05) is 0 Å². The third-order valence-corrected chi connectivity index (χ3v) is 8.91. The summed E-state index contributed by atoms with van der Waals surface area (Å²) in [5.41, 5.74) is 0. The van der Waals surface area contributed by atoms with E-state index in [2.05, 4.69) is 4.90 Å². The second-order valence-corrected chi connectivity index (χ2v) is 11.5. The summed E-state index contributed by atoms with van der Waals surface area (Å²) in [5.74, 6) is -0.0902. The fraction of sp³-hybridized carbons (Fsp3) is 0.647. The molecule has 0 N–H and O–H groups in total. The van der Waals surface area contributed by atoms with Crippen LogP contribution < -0.4 is 0 Å². The van der Waals surface area contributed by atoms with Crippen LogP contribution in [0.15, 0.2) is 29.2 Å². The van der Waals surface area contributed by atoms with E-state index in [4.69, 9.17) is 16.3 Å². The molecule has 2 aliphatic rings. The Balaban J connectivity index is 1.76. The zero-order valence-electron chi connectivity index (χ0n) is 15.1. The lowest BCUT2D eigenvalue weighted by molar-refractivity contribution is 0.0367. The zero-order chi connectivity index (χ0) is 19.5. The van der Waals surface area contributed by atoms with Crippen LogP contribution in [0.2, 0.25) is 5.02 Å². The normalized spacial score (nSPS) is 23.7. The van der Waals surface area contributed by atoms with E-state index in [1.165, 1.54) is 16.4 Å². The molecule has 0 saturated carbocycles. The third kappa shape index (κ3) is 5.42. The van der Waals surface area contributed by atoms with Crippen LogP contribution >= 0.6 is 11.6 Å². The van der Waals surface area contributed by atoms with Crippen molar-refractivity contribution in [3.05, 3.63) is 29.3 Å². The highest BCUT2D eigenvalue weighted by atomic mass is 35.5. The van der Waals surface area contributed by atoms with Crippen LogP contribution in [-0.2, 0) is 24.6 Å². The molecule has 1 unspecified atom stereocenters. The van der Waals surface area contributed by atoms with Gasteiger partial charge in [-0.15, -0.1) is 0 Å². The van der Waals surface area contributed by atoms with E-state index in [0.29, 0.717) is 31.1 Å². The van der Waals surface area contributed by atoms with Gasteiger partial charge in [0, 0.05) is 30.7 Å². The van der Waals surface area contributed by atoms with Crippen molar-refractivity contribution >= 4 is 31.5 Å². The second-order valence-electron chi connectivity index (χ2n) is 6.94. The first kappa shape index (κ1) is 21.0. The Kier molecular flexibility index (Phi) is 6.81. The molecule has 0 bridgehead atoms. The highest BCUT2D eigenvalue weighted by molar-refractivity contribution is 7.92. The first-order valence-electron chi connectivity index (χ1n) is 9.06. The lowest BCUT2D eigenvalue weighted by atomic mass is 10.2. The van der Waals surface area contributed by atoms with E-state index >= 15 is 0 Å². The molecule has 1 aromatic carbocycles. The molecule has 0 amide bonds. The van der Waals surface area contributed by atoms with Crippen LogP contribution in [0, 0.1) is 0 Å². The predicted molar refractivity (Wildman–Crippen MR) is 104 cm³/mol. The first-order chi connectivity index (χ1) is 12.8. The van der Waals surface area contributed by atoms with Crippen molar-refractivity contribution in [1.29, 1.82) is 0 Å². The Morgan fingerprint density at radius 3 is 2.63 bits per heavy atom. The van der Waals surface area contributed by atoms with Gasteiger partial charge in [0.15, 0.2) is 9.84 Å². The van der Waals surface area contributed by atoms with Crippen molar-refractivity contribution in [2.75, 3.05) is 50.9 Å². The summed E-state index contributed by atoms with van der Waals surface area (Å²) >= 11 is 5.97. The van der Waals surface area contributed by atoms with Gasteiger partial charge in [0.2, 0.25) is 10.0 Å². The van der Waals surface area contributed by atoms with Crippen LogP contribution in [0.5, 0.6) is 0 Å². The summed E-state index contributed by atoms with van der Waals surface area (Å²) in [5, 5.41) is 0.336. The molecular weight excluding hydrogens is 412 g/mol. The maximum Gasteiger partial charge on any atom is 0.243 e. The molecule has 152 valence electrons. The van der Waals surface area contributed by atoms with Crippen LogP contribution in [0.4, 0.5) is 0 Å². The lowest BCUT2D eigenvalue weighted by Gasteiger charge is -2.30. The maximum atomic E-state index is 13.2. The average molecular weight is 437 g/mol. The molecule has 2 aliphatic heterocycles. The Morgan fingerprint density at radius 2 is 2.00 bits per heavy atom. The largest absolute Gasteiger partial charge is 0.379 e. The number of sulfonamides is 1. The standard InChI is InChI=1S/C17H25ClN2O5S2/c18-15-3-1-4-17(13-15)27(23,24)20(16-5-12-26(21,22)14-16)7-2-6-19-8-10-25-11-9-19/h1,3-4,13,16H,2,5-12,14H2. The maximum absolute atomic E-state index is 13.2. The molecule has 27 heavy (non-hydrogen) atoms. The molecule has 2 heterocycles. The van der Waals surface area contributed by atoms with Gasteiger partial charge >= 0.3 is 0 Å². The monoisotopic (exact) mass is 436 g/mol. The summed E-state index contributed by atoms with van der Waals surface area (Å²) in [4.78, 5) is 2.34. The van der Waals surface area contributed by atoms with Gasteiger partial charge in [-0.1, -0.05) is 17.7 Å². The van der Waals surface area contributed by atoms with Crippen molar-refractivity contribution < 1.29 is 21.6 Å². The predicted octanol–water partition coefficient (Wildman–Crippen LogP) is 1.24. The van der Waals surface area contributed by atoms with Crippen molar-refractivity contribution in [1.82, 2.24) is 9.21 Å². The molecule has 0 spiro atoms. The Morgan fingerprint density at radius 1 is 1.26 bits per heavy atom. The first-order valence-corrected chi connectivity index (χ1v) is 12.7. The molecule has 0 aromatic heterocycles. The van der Waals surface area contributed by atoms with Gasteiger partial charge in [-0.05, 0) is 37.6 Å². The van der Waals surface area contributed by atoms with E-state index < -0.39 is 25.9 Å². The van der Waals surface area contributed by atoms with Gasteiger partial charge in [0.25, 0.3) is 0 Å². The number of hydrogen-bond acceptors (Lipinski definition) is 6. The lowest BCUT2D eigenvalue weighted by Crippen LogP contribution is -2.43. The SMILES string of the molecule is O=S1(=O)CCC(N(CCCN2CCOCC2)S(=O)(=O)c2cccc(Cl)c2)C1. The van der Waals surface area contributed by atoms with E-state index in [9.17, 15) is 16.8 Å². The van der Waals surface area contributed by atoms with Gasteiger partial charge in [-0.25, -0.2) is 16.8 Å². The molecule has 3 rings (SSSR count). The number of sulfone groups is 1. The van der Waals surface area contributed by atoms with Crippen LogP contribution in [0.3, 0.4) is 0 Å². The summed E-state index contributed by atoms with van der Waals surface area (Å²) in [6, 6.07) is 5.59. The molecule has 7 nitrogen and oxygen atoms in total. The minimum Gasteiger partial charge on any atom is -0.379 e. The third-order valence-electron chi connectivity index (χ3n) is 4.97. The summed E-state index contributed by atoms with van der Waals surface area (Å²) in [6.45, 7) is 4.07. The molecule has 2 saturated heterocycles. The fourth-order valence-corrected chi connectivity index (χ4v) is 7.36. The minimum absolute atomic E-state index is 0.0305. The number of ether oxygens (including phenoxy) is 1. The number of halogens is 1. The number of rotatable bonds is 7. The molecule has 10 heteroatoms. The minimum atomic E-state index is -3.82. The van der Waals surface area contributed by atoms with Crippen molar-refractivity contribution in [2.45, 2.75) is 23.8 Å². The highest BCUT2D eigenvalue weighted by Gasteiger charge is 2.38. The number of morpholine rings is 1. The summed E-state index contributed by atoms with van der Waals surface area (Å²) in [6.07, 6.45) is 0.968. The average Bonchev–Trinajstić information content (AvgIpc) is 2.99. The quantitative estimate of drug-likeness (QED) is 0.639. The highest BCUT2D eigenvalue weighted by Crippen LogP contribution is 2.26. The summed E-state index contributed by atoms with van der Waals surface area (Å²) in [7, 11) is -7.01. The topological polar surface area (TPSA) is 84.0 Å². The van der Waals surface area contributed by atoms with Crippen LogP contribution in [0.1, 0.15) is 12.8 Å². The second kappa shape index (κ2) is 8.75. The van der Waals surface area contributed by atoms with E-state index in [0.717, 1.165) is 19.6 Å². The van der Waals surface area contributed by atoms with E-state index in [-0.39, 0.29) is 22.9 Å². The molecule has 0 aliphatic carbocycles. The number of hydrogen-bond donors (Lipinski definition) is 0. The van der Waals surface area contributed by atoms with Gasteiger partial charge < -0.3 is 4.74 Å². The van der Waals surface area contributed by atoms with Gasteiger partial charge in [0.05, 0.1) is 29.6 Å². The number of benzene rings is 1. The van der Waals surface area contributed by atoms with Crippen molar-refractivity contribution in [3.63, 3.8) is 0 Å². The molecular formula is C17H25ClN2O5S2. The van der Waals surface area contributed by atoms with Crippen molar-refractivity contribution in [2.24, 2.45) is 0 Å². The van der Waals surface area contributed by atoms with E-state index in [1.54, 1.807) is 12.1 Å². The molecule has 0 radical (unpaired) electrons. The van der Waals surface area contributed by atoms with Gasteiger partial charge in [0.1, 0.15) is 0 Å². The molecule has 1 aromatic rings. The Bertz CT molecular complexity index is 854. The Labute approximate surface area is 166 Å². The summed E-state index contributed by atoms with van der Waals surface area (Å²) < 4.78 is 56.9. The van der Waals surface area contributed by atoms with Crippen LogP contribution in [-0.4, -0.2) is 83.0 Å². The zero-order valence-corrected chi connectivity index (χ0v) is 17.5. The fourth-order valence-electron chi connectivity index (χ4n) is 3.54. The molecule has 1 atom stereocenters.